The molecule has 0 radical (unpaired) electrons. The van der Waals surface area contributed by atoms with Crippen LogP contribution in [-0.2, 0) is 6.42 Å². The molecule has 2 rings (SSSR count). The van der Waals surface area contributed by atoms with Crippen molar-refractivity contribution in [1.82, 2.24) is 10.3 Å². The summed E-state index contributed by atoms with van der Waals surface area (Å²) < 4.78 is 13.0. The maximum Gasteiger partial charge on any atom is 0.255 e. The van der Waals surface area contributed by atoms with Gasteiger partial charge in [-0.05, 0) is 36.2 Å². The number of pyridine rings is 1. The molecule has 2 N–H and O–H groups in total. The molecule has 4 nitrogen and oxygen atoms in total. The van der Waals surface area contributed by atoms with E-state index in [2.05, 4.69) is 10.3 Å². The van der Waals surface area contributed by atoms with Crippen LogP contribution in [0.4, 0.5) is 4.39 Å². The average Bonchev–Trinajstić information content (AvgIpc) is 2.42. The summed E-state index contributed by atoms with van der Waals surface area (Å²) in [6.45, 7) is 0.389. The van der Waals surface area contributed by atoms with Gasteiger partial charge in [-0.3, -0.25) is 9.78 Å². The van der Waals surface area contributed by atoms with Crippen LogP contribution in [0.3, 0.4) is 0 Å². The first-order valence-electron chi connectivity index (χ1n) is 5.82. The lowest BCUT2D eigenvalue weighted by Crippen LogP contribution is -2.25. The van der Waals surface area contributed by atoms with Crippen molar-refractivity contribution in [3.63, 3.8) is 0 Å². The Balaban J connectivity index is 1.93. The summed E-state index contributed by atoms with van der Waals surface area (Å²) in [6, 6.07) is 6.98. The van der Waals surface area contributed by atoms with Crippen molar-refractivity contribution in [1.29, 1.82) is 0 Å². The van der Waals surface area contributed by atoms with E-state index >= 15 is 0 Å². The number of nitrogens with zero attached hydrogens (tertiary/aromatic N) is 1. The predicted molar refractivity (Wildman–Crippen MR) is 68.3 cm³/mol. The zero-order valence-electron chi connectivity index (χ0n) is 10.1. The van der Waals surface area contributed by atoms with Gasteiger partial charge in [-0.15, -0.1) is 0 Å². The third-order valence-electron chi connectivity index (χ3n) is 2.63. The number of phenolic OH excluding ortho intramolecular Hbond substituents is 1. The van der Waals surface area contributed by atoms with E-state index in [1.807, 2.05) is 12.1 Å². The summed E-state index contributed by atoms with van der Waals surface area (Å²) in [6.07, 6.45) is 4.01. The Hall–Kier alpha value is -2.43. The van der Waals surface area contributed by atoms with Crippen molar-refractivity contribution >= 4 is 5.91 Å². The standard InChI is InChI=1S/C14H13FN2O2/c15-11-3-4-13(18)12(8-11)14(19)17-7-5-10-2-1-6-16-9-10/h1-4,6,8-9,18H,5,7H2,(H,17,19). The van der Waals surface area contributed by atoms with Crippen LogP contribution in [0.5, 0.6) is 5.75 Å². The minimum atomic E-state index is -0.560. The maximum absolute atomic E-state index is 13.0. The second-order valence-corrected chi connectivity index (χ2v) is 4.03. The molecule has 0 saturated carbocycles. The van der Waals surface area contributed by atoms with Crippen LogP contribution < -0.4 is 5.32 Å². The van der Waals surface area contributed by atoms with Crippen LogP contribution >= 0.6 is 0 Å². The monoisotopic (exact) mass is 260 g/mol. The molecular formula is C14H13FN2O2. The quantitative estimate of drug-likeness (QED) is 0.882. The molecule has 1 aromatic carbocycles. The van der Waals surface area contributed by atoms with Gasteiger partial charge in [0.15, 0.2) is 0 Å². The number of carbonyl (C=O) groups is 1. The minimum absolute atomic E-state index is 0.0637. The highest BCUT2D eigenvalue weighted by atomic mass is 19.1. The normalized spacial score (nSPS) is 10.2. The van der Waals surface area contributed by atoms with Crippen molar-refractivity contribution < 1.29 is 14.3 Å². The fourth-order valence-electron chi connectivity index (χ4n) is 1.65. The highest BCUT2D eigenvalue weighted by molar-refractivity contribution is 5.96. The molecule has 0 unspecified atom stereocenters. The Morgan fingerprint density at radius 1 is 1.37 bits per heavy atom. The van der Waals surface area contributed by atoms with Crippen LogP contribution in [-0.4, -0.2) is 22.5 Å². The Labute approximate surface area is 109 Å². The summed E-state index contributed by atoms with van der Waals surface area (Å²) in [5.41, 5.74) is 0.928. The lowest BCUT2D eigenvalue weighted by Gasteiger charge is -2.06. The zero-order valence-corrected chi connectivity index (χ0v) is 10.1. The second-order valence-electron chi connectivity index (χ2n) is 4.03. The topological polar surface area (TPSA) is 62.2 Å². The van der Waals surface area contributed by atoms with Gasteiger partial charge < -0.3 is 10.4 Å². The molecule has 0 atom stereocenters. The molecule has 5 heteroatoms. The molecule has 1 amide bonds. The van der Waals surface area contributed by atoms with E-state index in [1.54, 1.807) is 12.4 Å². The van der Waals surface area contributed by atoms with E-state index in [0.717, 1.165) is 23.8 Å². The number of aromatic nitrogens is 1. The molecule has 98 valence electrons. The van der Waals surface area contributed by atoms with E-state index in [1.165, 1.54) is 0 Å². The molecule has 0 aliphatic rings. The van der Waals surface area contributed by atoms with E-state index in [0.29, 0.717) is 13.0 Å². The first kappa shape index (κ1) is 13.0. The van der Waals surface area contributed by atoms with Gasteiger partial charge in [-0.25, -0.2) is 4.39 Å². The van der Waals surface area contributed by atoms with E-state index in [9.17, 15) is 14.3 Å². The number of carbonyl (C=O) groups excluding carboxylic acids is 1. The largest absolute Gasteiger partial charge is 0.507 e. The molecule has 0 fully saturated rings. The predicted octanol–water partition coefficient (Wildman–Crippen LogP) is 1.90. The molecule has 0 aliphatic heterocycles. The number of hydrogen-bond donors (Lipinski definition) is 2. The molecule has 0 aliphatic carbocycles. The number of aromatic hydroxyl groups is 1. The summed E-state index contributed by atoms with van der Waals surface area (Å²) in [5, 5.41) is 12.1. The SMILES string of the molecule is O=C(NCCc1cccnc1)c1cc(F)ccc1O. The Bertz CT molecular complexity index is 573. The molecule has 0 bridgehead atoms. The smallest absolute Gasteiger partial charge is 0.255 e. The number of halogens is 1. The number of hydrogen-bond acceptors (Lipinski definition) is 3. The van der Waals surface area contributed by atoms with Crippen LogP contribution in [0.15, 0.2) is 42.7 Å². The molecule has 1 aromatic heterocycles. The van der Waals surface area contributed by atoms with Crippen LogP contribution in [0.25, 0.3) is 0 Å². The number of nitrogens with one attached hydrogen (secondary N) is 1. The minimum Gasteiger partial charge on any atom is -0.507 e. The molecular weight excluding hydrogens is 247 g/mol. The molecule has 1 heterocycles. The fourth-order valence-corrected chi connectivity index (χ4v) is 1.65. The van der Waals surface area contributed by atoms with Crippen molar-refractivity contribution in [2.75, 3.05) is 6.54 Å². The van der Waals surface area contributed by atoms with Gasteiger partial charge in [0.1, 0.15) is 11.6 Å². The number of amides is 1. The van der Waals surface area contributed by atoms with Crippen LogP contribution in [0.1, 0.15) is 15.9 Å². The molecule has 2 aromatic rings. The number of rotatable bonds is 4. The highest BCUT2D eigenvalue weighted by Gasteiger charge is 2.11. The zero-order chi connectivity index (χ0) is 13.7. The summed E-state index contributed by atoms with van der Waals surface area (Å²) in [7, 11) is 0. The van der Waals surface area contributed by atoms with Gasteiger partial charge in [0.2, 0.25) is 0 Å². The highest BCUT2D eigenvalue weighted by Crippen LogP contribution is 2.17. The van der Waals surface area contributed by atoms with Crippen LogP contribution in [0.2, 0.25) is 0 Å². The molecule has 0 saturated heterocycles. The third kappa shape index (κ3) is 3.51. The Morgan fingerprint density at radius 3 is 2.95 bits per heavy atom. The third-order valence-corrected chi connectivity index (χ3v) is 2.63. The summed E-state index contributed by atoms with van der Waals surface area (Å²) in [4.78, 5) is 15.7. The second kappa shape index (κ2) is 5.95. The first-order chi connectivity index (χ1) is 9.16. The van der Waals surface area contributed by atoms with Crippen molar-refractivity contribution in [2.45, 2.75) is 6.42 Å². The van der Waals surface area contributed by atoms with Crippen molar-refractivity contribution in [2.24, 2.45) is 0 Å². The molecule has 0 spiro atoms. The summed E-state index contributed by atoms with van der Waals surface area (Å²) in [5.74, 6) is -1.30. The van der Waals surface area contributed by atoms with Crippen molar-refractivity contribution in [3.05, 3.63) is 59.7 Å². The molecule has 19 heavy (non-hydrogen) atoms. The van der Waals surface area contributed by atoms with Crippen molar-refractivity contribution in [3.8, 4) is 5.75 Å². The Morgan fingerprint density at radius 2 is 2.21 bits per heavy atom. The lowest BCUT2D eigenvalue weighted by molar-refractivity contribution is 0.0951. The number of benzene rings is 1. The fraction of sp³-hybridized carbons (Fsp3) is 0.143. The van der Waals surface area contributed by atoms with Gasteiger partial charge >= 0.3 is 0 Å². The lowest BCUT2D eigenvalue weighted by atomic mass is 10.1. The van der Waals surface area contributed by atoms with Crippen LogP contribution in [0, 0.1) is 5.82 Å². The summed E-state index contributed by atoms with van der Waals surface area (Å²) >= 11 is 0. The van der Waals surface area contributed by atoms with Gasteiger partial charge in [0.25, 0.3) is 5.91 Å². The average molecular weight is 260 g/mol. The van der Waals surface area contributed by atoms with E-state index in [-0.39, 0.29) is 11.3 Å². The van der Waals surface area contributed by atoms with Gasteiger partial charge in [-0.2, -0.15) is 0 Å². The number of phenols is 1. The van der Waals surface area contributed by atoms with E-state index in [4.69, 9.17) is 0 Å². The van der Waals surface area contributed by atoms with Gasteiger partial charge in [0.05, 0.1) is 5.56 Å². The van der Waals surface area contributed by atoms with Gasteiger partial charge in [-0.1, -0.05) is 6.07 Å². The first-order valence-corrected chi connectivity index (χ1v) is 5.82. The Kier molecular flexibility index (Phi) is 4.07. The maximum atomic E-state index is 13.0. The van der Waals surface area contributed by atoms with E-state index < -0.39 is 11.7 Å². The van der Waals surface area contributed by atoms with Gasteiger partial charge in [0, 0.05) is 18.9 Å².